The van der Waals surface area contributed by atoms with Gasteiger partial charge in [-0.05, 0) is 62.8 Å². The smallest absolute Gasteiger partial charge is 0.210 e. The van der Waals surface area contributed by atoms with Gasteiger partial charge in [-0.2, -0.15) is 0 Å². The number of halogens is 4. The van der Waals surface area contributed by atoms with Crippen LogP contribution in [0.4, 0.5) is 4.39 Å². The molecular formula is C17H10Br2ClFN2O2. The third kappa shape index (κ3) is 2.78. The Labute approximate surface area is 163 Å². The summed E-state index contributed by atoms with van der Waals surface area (Å²) in [5.41, 5.74) is 1.74. The molecule has 1 fully saturated rings. The zero-order valence-corrected chi connectivity index (χ0v) is 16.5. The Morgan fingerprint density at radius 1 is 1.32 bits per heavy atom. The minimum Gasteiger partial charge on any atom is -0.506 e. The van der Waals surface area contributed by atoms with Gasteiger partial charge in [0.2, 0.25) is 5.78 Å². The molecule has 0 atom stereocenters. The molecular weight excluding hydrogens is 478 g/mol. The van der Waals surface area contributed by atoms with Crippen molar-refractivity contribution in [1.82, 2.24) is 9.38 Å². The molecule has 0 saturated heterocycles. The van der Waals surface area contributed by atoms with Gasteiger partial charge in [0.1, 0.15) is 11.4 Å². The quantitative estimate of drug-likeness (QED) is 0.498. The first-order valence-electron chi connectivity index (χ1n) is 7.46. The fraction of sp³-hybridized carbons (Fsp3) is 0.176. The summed E-state index contributed by atoms with van der Waals surface area (Å²) in [7, 11) is 0. The Balaban J connectivity index is 1.98. The monoisotopic (exact) mass is 486 g/mol. The lowest BCUT2D eigenvalue weighted by Gasteiger charge is -2.08. The van der Waals surface area contributed by atoms with Crippen molar-refractivity contribution in [2.45, 2.75) is 18.8 Å². The first-order valence-corrected chi connectivity index (χ1v) is 9.42. The Morgan fingerprint density at radius 3 is 2.56 bits per heavy atom. The van der Waals surface area contributed by atoms with Crippen LogP contribution in [0.5, 0.6) is 5.75 Å². The number of fused-ring (bicyclic) bond motifs is 1. The van der Waals surface area contributed by atoms with Crippen molar-refractivity contribution in [3.05, 3.63) is 61.1 Å². The van der Waals surface area contributed by atoms with Gasteiger partial charge in [-0.3, -0.25) is 9.20 Å². The highest BCUT2D eigenvalue weighted by Gasteiger charge is 2.35. The summed E-state index contributed by atoms with van der Waals surface area (Å²) in [5.74, 6) is -0.675. The predicted octanol–water partition coefficient (Wildman–Crippen LogP) is 5.47. The van der Waals surface area contributed by atoms with E-state index < -0.39 is 5.82 Å². The molecule has 128 valence electrons. The summed E-state index contributed by atoms with van der Waals surface area (Å²) in [5, 5.41) is 10.2. The van der Waals surface area contributed by atoms with Crippen LogP contribution in [-0.2, 0) is 0 Å². The van der Waals surface area contributed by atoms with E-state index in [9.17, 15) is 14.3 Å². The summed E-state index contributed by atoms with van der Waals surface area (Å²) in [4.78, 5) is 17.2. The number of phenolic OH excluding ortho intramolecular Hbond substituents is 1. The van der Waals surface area contributed by atoms with Gasteiger partial charge in [-0.1, -0.05) is 11.6 Å². The maximum absolute atomic E-state index is 13.7. The lowest BCUT2D eigenvalue weighted by molar-refractivity contribution is 0.103. The molecule has 8 heteroatoms. The summed E-state index contributed by atoms with van der Waals surface area (Å²) in [6.07, 6.45) is 4.17. The molecule has 25 heavy (non-hydrogen) atoms. The van der Waals surface area contributed by atoms with E-state index in [1.807, 2.05) is 0 Å². The third-order valence-electron chi connectivity index (χ3n) is 4.20. The van der Waals surface area contributed by atoms with Crippen LogP contribution in [0.15, 0.2) is 33.5 Å². The van der Waals surface area contributed by atoms with Gasteiger partial charge >= 0.3 is 0 Å². The normalized spacial score (nSPS) is 14.2. The van der Waals surface area contributed by atoms with Crippen LogP contribution in [-0.4, -0.2) is 20.3 Å². The van der Waals surface area contributed by atoms with Gasteiger partial charge in [-0.15, -0.1) is 0 Å². The Bertz CT molecular complexity index is 1020. The van der Waals surface area contributed by atoms with Crippen molar-refractivity contribution in [2.75, 3.05) is 0 Å². The van der Waals surface area contributed by atoms with Gasteiger partial charge in [0, 0.05) is 17.3 Å². The molecule has 1 N–H and O–H groups in total. The Kier molecular flexibility index (Phi) is 4.13. The second-order valence-corrected chi connectivity index (χ2v) is 8.02. The number of hydrogen-bond acceptors (Lipinski definition) is 3. The number of benzene rings is 1. The molecule has 4 rings (SSSR count). The average molecular weight is 489 g/mol. The highest BCUT2D eigenvalue weighted by molar-refractivity contribution is 9.11. The van der Waals surface area contributed by atoms with Gasteiger partial charge in [-0.25, -0.2) is 9.37 Å². The molecule has 1 aliphatic rings. The number of nitrogens with zero attached hydrogens (tertiary/aromatic N) is 2. The minimum absolute atomic E-state index is 0.00438. The van der Waals surface area contributed by atoms with E-state index in [4.69, 9.17) is 11.6 Å². The van der Waals surface area contributed by atoms with Gasteiger partial charge in [0.25, 0.3) is 0 Å². The standard InChI is InChI=1S/C17H10Br2ClFN2O2/c18-10-3-8(4-11(19)16(10)25)15(24)14-12(7-1-2-7)13(20)17-22-5-9(21)6-23(14)17/h3-7,25H,1-2H2. The number of hydrogen-bond donors (Lipinski definition) is 1. The second kappa shape index (κ2) is 6.07. The van der Waals surface area contributed by atoms with E-state index in [-0.39, 0.29) is 17.5 Å². The summed E-state index contributed by atoms with van der Waals surface area (Å²) in [6, 6.07) is 3.05. The zero-order valence-electron chi connectivity index (χ0n) is 12.6. The van der Waals surface area contributed by atoms with Crippen LogP contribution in [0, 0.1) is 5.82 Å². The summed E-state index contributed by atoms with van der Waals surface area (Å²) < 4.78 is 15.9. The van der Waals surface area contributed by atoms with Gasteiger partial charge in [0.15, 0.2) is 11.5 Å². The van der Waals surface area contributed by atoms with Crippen LogP contribution in [0.25, 0.3) is 5.65 Å². The van der Waals surface area contributed by atoms with Crippen molar-refractivity contribution in [3.63, 3.8) is 0 Å². The van der Waals surface area contributed by atoms with Crippen LogP contribution in [0.3, 0.4) is 0 Å². The molecule has 0 unspecified atom stereocenters. The molecule has 0 spiro atoms. The van der Waals surface area contributed by atoms with E-state index in [1.165, 1.54) is 22.7 Å². The van der Waals surface area contributed by atoms with E-state index >= 15 is 0 Å². The molecule has 2 aromatic heterocycles. The first kappa shape index (κ1) is 17.0. The third-order valence-corrected chi connectivity index (χ3v) is 5.78. The maximum atomic E-state index is 13.7. The van der Waals surface area contributed by atoms with Crippen LogP contribution < -0.4 is 0 Å². The SMILES string of the molecule is O=C(c1cc(Br)c(O)c(Br)c1)c1c(C2CC2)c(Cl)c2ncc(F)cn12. The number of ketones is 1. The number of aromatic hydroxyl groups is 1. The number of carbonyl (C=O) groups is 1. The fourth-order valence-corrected chi connectivity index (χ4v) is 4.47. The molecule has 0 aliphatic heterocycles. The van der Waals surface area contributed by atoms with Crippen molar-refractivity contribution in [2.24, 2.45) is 0 Å². The largest absolute Gasteiger partial charge is 0.506 e. The van der Waals surface area contributed by atoms with Crippen LogP contribution in [0.2, 0.25) is 5.02 Å². The molecule has 0 bridgehead atoms. The Morgan fingerprint density at radius 2 is 1.96 bits per heavy atom. The van der Waals surface area contributed by atoms with Crippen molar-refractivity contribution in [3.8, 4) is 5.75 Å². The maximum Gasteiger partial charge on any atom is 0.210 e. The van der Waals surface area contributed by atoms with Crippen molar-refractivity contribution >= 4 is 54.9 Å². The van der Waals surface area contributed by atoms with Gasteiger partial charge < -0.3 is 5.11 Å². The highest BCUT2D eigenvalue weighted by Crippen LogP contribution is 2.47. The molecule has 1 saturated carbocycles. The van der Waals surface area contributed by atoms with Crippen molar-refractivity contribution in [1.29, 1.82) is 0 Å². The summed E-state index contributed by atoms with van der Waals surface area (Å²) >= 11 is 12.9. The lowest BCUT2D eigenvalue weighted by Crippen LogP contribution is -2.09. The van der Waals surface area contributed by atoms with E-state index in [1.54, 1.807) is 0 Å². The van der Waals surface area contributed by atoms with Crippen LogP contribution in [0.1, 0.15) is 40.4 Å². The van der Waals surface area contributed by atoms with E-state index in [0.717, 1.165) is 19.0 Å². The lowest BCUT2D eigenvalue weighted by atomic mass is 10.0. The van der Waals surface area contributed by atoms with Crippen LogP contribution >= 0.6 is 43.5 Å². The highest BCUT2D eigenvalue weighted by atomic mass is 79.9. The molecule has 1 aliphatic carbocycles. The Hall–Kier alpha value is -1.44. The molecule has 3 aromatic rings. The molecule has 4 nitrogen and oxygen atoms in total. The second-order valence-electron chi connectivity index (χ2n) is 5.93. The van der Waals surface area contributed by atoms with Crippen molar-refractivity contribution < 1.29 is 14.3 Å². The average Bonchev–Trinajstić information content (AvgIpc) is 3.36. The van der Waals surface area contributed by atoms with E-state index in [2.05, 4.69) is 36.8 Å². The number of carbonyl (C=O) groups excluding carboxylic acids is 1. The minimum atomic E-state index is -0.552. The van der Waals surface area contributed by atoms with E-state index in [0.29, 0.717) is 36.4 Å². The molecule has 1 aromatic carbocycles. The predicted molar refractivity (Wildman–Crippen MR) is 99.1 cm³/mol. The first-order chi connectivity index (χ1) is 11.9. The molecule has 0 amide bonds. The molecule has 2 heterocycles. The fourth-order valence-electron chi connectivity index (χ4n) is 2.90. The van der Waals surface area contributed by atoms with Gasteiger partial charge in [0.05, 0.1) is 20.2 Å². The summed E-state index contributed by atoms with van der Waals surface area (Å²) in [6.45, 7) is 0. The number of rotatable bonds is 3. The number of aromatic nitrogens is 2. The molecule has 0 radical (unpaired) electrons. The number of phenols is 1. The zero-order chi connectivity index (χ0) is 17.9. The topological polar surface area (TPSA) is 54.6 Å².